The van der Waals surface area contributed by atoms with Gasteiger partial charge in [0.25, 0.3) is 5.91 Å². The van der Waals surface area contributed by atoms with Gasteiger partial charge in [0.1, 0.15) is 0 Å². The quantitative estimate of drug-likeness (QED) is 0.412. The second-order valence-corrected chi connectivity index (χ2v) is 10.7. The van der Waals surface area contributed by atoms with Gasteiger partial charge in [-0.2, -0.15) is 0 Å². The first-order valence-corrected chi connectivity index (χ1v) is 13.9. The Bertz CT molecular complexity index is 1390. The molecule has 0 unspecified atom stereocenters. The Kier molecular flexibility index (Phi) is 8.09. The molecule has 0 N–H and O–H groups in total. The van der Waals surface area contributed by atoms with Crippen LogP contribution in [-0.2, 0) is 14.4 Å². The predicted molar refractivity (Wildman–Crippen MR) is 157 cm³/mol. The molecule has 3 aromatic rings. The molecule has 2 atom stereocenters. The van der Waals surface area contributed by atoms with Crippen LogP contribution in [0.4, 0.5) is 17.1 Å². The summed E-state index contributed by atoms with van der Waals surface area (Å²) in [4.78, 5) is 49.0. The SMILES string of the molecule is CC(=O)ON1CCN(c2ccc(C(=O)N3c4ccccc4[C@H](N(C(C)=O)c4ccc(Cl)cc4)C[C@@H]3C)cc2)CC1. The molecule has 2 heterocycles. The minimum Gasteiger partial charge on any atom is -0.369 e. The van der Waals surface area contributed by atoms with Crippen molar-refractivity contribution in [3.05, 3.63) is 88.9 Å². The number of benzene rings is 3. The van der Waals surface area contributed by atoms with E-state index in [0.717, 1.165) is 35.7 Å². The number of hydrogen-bond acceptors (Lipinski definition) is 6. The summed E-state index contributed by atoms with van der Waals surface area (Å²) in [6.45, 7) is 7.68. The highest BCUT2D eigenvalue weighted by Crippen LogP contribution is 2.43. The highest BCUT2D eigenvalue weighted by Gasteiger charge is 2.38. The van der Waals surface area contributed by atoms with Gasteiger partial charge in [-0.25, -0.2) is 0 Å². The molecule has 1 saturated heterocycles. The molecule has 8 nitrogen and oxygen atoms in total. The number of nitrogens with zero attached hydrogens (tertiary/aromatic N) is 4. The lowest BCUT2D eigenvalue weighted by atomic mass is 9.89. The third-order valence-electron chi connectivity index (χ3n) is 7.51. The average Bonchev–Trinajstić information content (AvgIpc) is 2.94. The topological polar surface area (TPSA) is 73.4 Å². The smallest absolute Gasteiger partial charge is 0.322 e. The summed E-state index contributed by atoms with van der Waals surface area (Å²) in [7, 11) is 0. The molecule has 0 spiro atoms. The molecule has 0 aliphatic carbocycles. The molecule has 2 aliphatic rings. The fourth-order valence-corrected chi connectivity index (χ4v) is 5.82. The number of fused-ring (bicyclic) bond motifs is 1. The highest BCUT2D eigenvalue weighted by atomic mass is 35.5. The Balaban J connectivity index is 1.37. The minimum absolute atomic E-state index is 0.0709. The third-order valence-corrected chi connectivity index (χ3v) is 7.76. The van der Waals surface area contributed by atoms with Gasteiger partial charge in [-0.3, -0.25) is 14.4 Å². The maximum atomic E-state index is 13.9. The molecule has 0 radical (unpaired) electrons. The number of hydroxylamine groups is 2. The number of rotatable bonds is 5. The van der Waals surface area contributed by atoms with Crippen LogP contribution in [0.3, 0.4) is 0 Å². The van der Waals surface area contributed by atoms with E-state index >= 15 is 0 Å². The molecule has 2 aliphatic heterocycles. The summed E-state index contributed by atoms with van der Waals surface area (Å²) in [6.07, 6.45) is 0.593. The molecule has 0 aromatic heterocycles. The first-order valence-electron chi connectivity index (χ1n) is 13.5. The molecule has 0 saturated carbocycles. The highest BCUT2D eigenvalue weighted by molar-refractivity contribution is 6.30. The molecular formula is C31H33ClN4O4. The fourth-order valence-electron chi connectivity index (χ4n) is 5.69. The van der Waals surface area contributed by atoms with Crippen LogP contribution in [0.5, 0.6) is 0 Å². The Morgan fingerprint density at radius 3 is 2.15 bits per heavy atom. The molecule has 40 heavy (non-hydrogen) atoms. The van der Waals surface area contributed by atoms with Crippen molar-refractivity contribution in [1.82, 2.24) is 5.06 Å². The van der Waals surface area contributed by atoms with Crippen LogP contribution in [0, 0.1) is 0 Å². The lowest BCUT2D eigenvalue weighted by molar-refractivity contribution is -0.188. The number of halogens is 1. The van der Waals surface area contributed by atoms with Crippen molar-refractivity contribution < 1.29 is 19.2 Å². The zero-order valence-corrected chi connectivity index (χ0v) is 23.7. The number of piperazine rings is 1. The zero-order chi connectivity index (χ0) is 28.4. The number of carbonyl (C=O) groups is 3. The first-order chi connectivity index (χ1) is 19.2. The van der Waals surface area contributed by atoms with Gasteiger partial charge in [0, 0.05) is 60.6 Å². The van der Waals surface area contributed by atoms with E-state index in [-0.39, 0.29) is 29.9 Å². The zero-order valence-electron chi connectivity index (χ0n) is 22.9. The Hall–Kier alpha value is -3.88. The molecule has 0 bridgehead atoms. The van der Waals surface area contributed by atoms with Gasteiger partial charge in [0.05, 0.1) is 19.1 Å². The van der Waals surface area contributed by atoms with Gasteiger partial charge in [0.15, 0.2) is 0 Å². The molecular weight excluding hydrogens is 528 g/mol. The van der Waals surface area contributed by atoms with Gasteiger partial charge in [-0.05, 0) is 73.5 Å². The number of para-hydroxylation sites is 1. The van der Waals surface area contributed by atoms with Crippen molar-refractivity contribution in [2.24, 2.45) is 0 Å². The van der Waals surface area contributed by atoms with Crippen molar-refractivity contribution >= 4 is 46.4 Å². The Morgan fingerprint density at radius 1 is 0.875 bits per heavy atom. The standard InChI is InChI=1S/C31H33ClN4O4/c1-21-20-30(36(22(2)37)27-14-10-25(32)11-15-27)28-6-4-5-7-29(28)35(21)31(39)24-8-12-26(13-9-24)33-16-18-34(19-17-33)40-23(3)38/h4-15,21,30H,16-20H2,1-3H3/t21-,30+/m0/s1. The molecule has 9 heteroatoms. The third kappa shape index (κ3) is 5.69. The maximum absolute atomic E-state index is 13.9. The lowest BCUT2D eigenvalue weighted by Crippen LogP contribution is -2.47. The van der Waals surface area contributed by atoms with Gasteiger partial charge in [-0.1, -0.05) is 29.8 Å². The minimum atomic E-state index is -0.310. The summed E-state index contributed by atoms with van der Waals surface area (Å²) >= 11 is 6.11. The second-order valence-electron chi connectivity index (χ2n) is 10.2. The van der Waals surface area contributed by atoms with Crippen molar-refractivity contribution in [3.63, 3.8) is 0 Å². The lowest BCUT2D eigenvalue weighted by Gasteiger charge is -2.43. The molecule has 3 aromatic carbocycles. The molecule has 208 valence electrons. The Labute approximate surface area is 239 Å². The molecule has 2 amide bonds. The first kappa shape index (κ1) is 27.7. The van der Waals surface area contributed by atoms with Crippen LogP contribution in [0.15, 0.2) is 72.8 Å². The second kappa shape index (κ2) is 11.7. The van der Waals surface area contributed by atoms with Gasteiger partial charge < -0.3 is 19.5 Å². The van der Waals surface area contributed by atoms with E-state index in [2.05, 4.69) is 4.90 Å². The summed E-state index contributed by atoms with van der Waals surface area (Å²) in [5.41, 5.74) is 4.13. The van der Waals surface area contributed by atoms with E-state index in [1.807, 2.05) is 72.5 Å². The van der Waals surface area contributed by atoms with Crippen LogP contribution in [0.1, 0.15) is 49.2 Å². The van der Waals surface area contributed by atoms with Gasteiger partial charge in [0.2, 0.25) is 5.91 Å². The summed E-state index contributed by atoms with van der Waals surface area (Å²) in [5, 5.41) is 2.29. The number of hydrogen-bond donors (Lipinski definition) is 0. The van der Waals surface area contributed by atoms with Crippen molar-refractivity contribution in [3.8, 4) is 0 Å². The van der Waals surface area contributed by atoms with E-state index in [1.165, 1.54) is 6.92 Å². The molecule has 1 fully saturated rings. The van der Waals surface area contributed by atoms with Crippen molar-refractivity contribution in [2.75, 3.05) is 40.9 Å². The van der Waals surface area contributed by atoms with Crippen LogP contribution in [0.2, 0.25) is 5.02 Å². The van der Waals surface area contributed by atoms with E-state index in [0.29, 0.717) is 30.1 Å². The maximum Gasteiger partial charge on any atom is 0.322 e. The monoisotopic (exact) mass is 560 g/mol. The van der Waals surface area contributed by atoms with Crippen LogP contribution in [-0.4, -0.2) is 55.1 Å². The number of anilines is 3. The molecule has 5 rings (SSSR count). The average molecular weight is 561 g/mol. The van der Waals surface area contributed by atoms with Crippen molar-refractivity contribution in [2.45, 2.75) is 39.3 Å². The predicted octanol–water partition coefficient (Wildman–Crippen LogP) is 5.47. The van der Waals surface area contributed by atoms with E-state index in [1.54, 1.807) is 29.0 Å². The van der Waals surface area contributed by atoms with Crippen molar-refractivity contribution in [1.29, 1.82) is 0 Å². The largest absolute Gasteiger partial charge is 0.369 e. The normalized spacial score (nSPS) is 19.1. The van der Waals surface area contributed by atoms with E-state index in [4.69, 9.17) is 16.4 Å². The van der Waals surface area contributed by atoms with Crippen LogP contribution < -0.4 is 14.7 Å². The fraction of sp³-hybridized carbons (Fsp3) is 0.323. The van der Waals surface area contributed by atoms with E-state index < -0.39 is 0 Å². The van der Waals surface area contributed by atoms with E-state index in [9.17, 15) is 14.4 Å². The van der Waals surface area contributed by atoms with Gasteiger partial charge in [-0.15, -0.1) is 5.06 Å². The van der Waals surface area contributed by atoms with Crippen LogP contribution in [0.25, 0.3) is 0 Å². The number of carbonyl (C=O) groups excluding carboxylic acids is 3. The van der Waals surface area contributed by atoms with Gasteiger partial charge >= 0.3 is 5.97 Å². The number of amides is 2. The summed E-state index contributed by atoms with van der Waals surface area (Å²) in [5.74, 6) is -0.459. The summed E-state index contributed by atoms with van der Waals surface area (Å²) < 4.78 is 0. The van der Waals surface area contributed by atoms with Crippen LogP contribution >= 0.6 is 11.6 Å². The summed E-state index contributed by atoms with van der Waals surface area (Å²) in [6, 6.07) is 22.4. The Morgan fingerprint density at radius 2 is 1.52 bits per heavy atom.